The Balaban J connectivity index is 0.000000280. The molecule has 0 spiro atoms. The minimum atomic E-state index is -0.891. The number of aliphatic hydroxyl groups is 1. The number of benzene rings is 1. The van der Waals surface area contributed by atoms with Crippen LogP contribution in [0.15, 0.2) is 30.5 Å². The van der Waals surface area contributed by atoms with Crippen molar-refractivity contribution in [3.63, 3.8) is 0 Å². The van der Waals surface area contributed by atoms with Crippen LogP contribution in [0.25, 0.3) is 10.9 Å². The Hall–Kier alpha value is -1.81. The summed E-state index contributed by atoms with van der Waals surface area (Å²) in [6.45, 7) is 3.44. The van der Waals surface area contributed by atoms with E-state index in [-0.39, 0.29) is 6.10 Å². The van der Waals surface area contributed by atoms with Gasteiger partial charge in [-0.25, -0.2) is 4.79 Å². The summed E-state index contributed by atoms with van der Waals surface area (Å²) in [5.41, 5.74) is 1.28. The Morgan fingerprint density at radius 1 is 1.31 bits per heavy atom. The number of aromatic carboxylic acids is 1. The number of aliphatic hydroxyl groups excluding tert-OH is 1. The number of carbonyl (C=O) groups is 1. The van der Waals surface area contributed by atoms with E-state index < -0.39 is 5.97 Å². The van der Waals surface area contributed by atoms with E-state index in [1.54, 1.807) is 38.2 Å². The van der Waals surface area contributed by atoms with E-state index in [9.17, 15) is 4.79 Å². The molecule has 2 rings (SSSR count). The van der Waals surface area contributed by atoms with Gasteiger partial charge >= 0.3 is 5.97 Å². The third-order valence-corrected chi connectivity index (χ3v) is 1.80. The highest BCUT2D eigenvalue weighted by Gasteiger charge is 2.02. The van der Waals surface area contributed by atoms with Gasteiger partial charge in [-0.15, -0.1) is 0 Å². The van der Waals surface area contributed by atoms with Crippen LogP contribution in [0, 0.1) is 0 Å². The topological polar surface area (TPSA) is 73.3 Å². The molecule has 3 N–H and O–H groups in total. The maximum Gasteiger partial charge on any atom is 0.335 e. The van der Waals surface area contributed by atoms with Crippen molar-refractivity contribution in [2.45, 2.75) is 20.0 Å². The second-order valence-electron chi connectivity index (χ2n) is 3.68. The highest BCUT2D eigenvalue weighted by molar-refractivity contribution is 5.93. The average molecular weight is 221 g/mol. The molecule has 0 unspecified atom stereocenters. The van der Waals surface area contributed by atoms with Crippen molar-refractivity contribution in [3.8, 4) is 0 Å². The summed E-state index contributed by atoms with van der Waals surface area (Å²) >= 11 is 0. The Kier molecular flexibility index (Phi) is 4.08. The van der Waals surface area contributed by atoms with Gasteiger partial charge < -0.3 is 15.2 Å². The first-order valence-electron chi connectivity index (χ1n) is 4.99. The average Bonchev–Trinajstić information content (AvgIpc) is 2.62. The molecular weight excluding hydrogens is 206 g/mol. The molecular formula is C12H15NO3. The molecule has 0 atom stereocenters. The fourth-order valence-electron chi connectivity index (χ4n) is 1.19. The lowest BCUT2D eigenvalue weighted by molar-refractivity contribution is 0.0697. The van der Waals surface area contributed by atoms with Crippen LogP contribution >= 0.6 is 0 Å². The van der Waals surface area contributed by atoms with Crippen molar-refractivity contribution < 1.29 is 15.0 Å². The fourth-order valence-corrected chi connectivity index (χ4v) is 1.19. The summed E-state index contributed by atoms with van der Waals surface area (Å²) in [4.78, 5) is 13.5. The number of aromatic amines is 1. The summed E-state index contributed by atoms with van der Waals surface area (Å²) in [7, 11) is 0. The van der Waals surface area contributed by atoms with E-state index >= 15 is 0 Å². The predicted octanol–water partition coefficient (Wildman–Crippen LogP) is 2.25. The molecule has 0 bridgehead atoms. The fraction of sp³-hybridized carbons (Fsp3) is 0.250. The number of aromatic nitrogens is 1. The van der Waals surface area contributed by atoms with Crippen molar-refractivity contribution >= 4 is 16.9 Å². The van der Waals surface area contributed by atoms with Crippen LogP contribution in [0.3, 0.4) is 0 Å². The summed E-state index contributed by atoms with van der Waals surface area (Å²) < 4.78 is 0. The van der Waals surface area contributed by atoms with Gasteiger partial charge in [0.1, 0.15) is 0 Å². The monoisotopic (exact) mass is 221 g/mol. The lowest BCUT2D eigenvalue weighted by atomic mass is 10.1. The lowest BCUT2D eigenvalue weighted by Gasteiger charge is -1.93. The number of fused-ring (bicyclic) bond motifs is 1. The third kappa shape index (κ3) is 3.40. The van der Waals surface area contributed by atoms with Crippen LogP contribution in [0.1, 0.15) is 24.2 Å². The van der Waals surface area contributed by atoms with Gasteiger partial charge in [0, 0.05) is 23.2 Å². The van der Waals surface area contributed by atoms with Gasteiger partial charge in [0.05, 0.1) is 5.56 Å². The minimum absolute atomic E-state index is 0.167. The first-order chi connectivity index (χ1) is 7.50. The van der Waals surface area contributed by atoms with E-state index in [1.807, 2.05) is 6.07 Å². The summed E-state index contributed by atoms with van der Waals surface area (Å²) in [5, 5.41) is 17.7. The molecule has 2 aromatic rings. The molecule has 4 nitrogen and oxygen atoms in total. The Labute approximate surface area is 93.5 Å². The van der Waals surface area contributed by atoms with Crippen LogP contribution in [0.2, 0.25) is 0 Å². The third-order valence-electron chi connectivity index (χ3n) is 1.80. The van der Waals surface area contributed by atoms with Crippen LogP contribution in [-0.4, -0.2) is 27.3 Å². The Morgan fingerprint density at radius 2 is 1.94 bits per heavy atom. The Bertz CT molecular complexity index is 471. The smallest absolute Gasteiger partial charge is 0.335 e. The van der Waals surface area contributed by atoms with Gasteiger partial charge in [0.2, 0.25) is 0 Å². The molecule has 0 saturated heterocycles. The number of carboxylic acids is 1. The van der Waals surface area contributed by atoms with Crippen LogP contribution in [0.5, 0.6) is 0 Å². The molecule has 0 aliphatic heterocycles. The van der Waals surface area contributed by atoms with Crippen LogP contribution < -0.4 is 0 Å². The van der Waals surface area contributed by atoms with E-state index in [0.717, 1.165) is 10.9 Å². The van der Waals surface area contributed by atoms with Gasteiger partial charge in [-0.05, 0) is 38.1 Å². The van der Waals surface area contributed by atoms with Gasteiger partial charge in [-0.1, -0.05) is 0 Å². The summed E-state index contributed by atoms with van der Waals surface area (Å²) in [5.74, 6) is -0.891. The molecule has 1 aromatic heterocycles. The van der Waals surface area contributed by atoms with Crippen molar-refractivity contribution in [2.75, 3.05) is 0 Å². The number of rotatable bonds is 1. The molecule has 4 heteroatoms. The zero-order valence-corrected chi connectivity index (χ0v) is 9.27. The normalized spacial score (nSPS) is 10.0. The molecule has 0 aliphatic carbocycles. The lowest BCUT2D eigenvalue weighted by Crippen LogP contribution is -1.94. The molecule has 0 saturated carbocycles. The first kappa shape index (κ1) is 12.3. The van der Waals surface area contributed by atoms with Crippen molar-refractivity contribution in [2.24, 2.45) is 0 Å². The molecule has 0 amide bonds. The maximum atomic E-state index is 10.6. The zero-order chi connectivity index (χ0) is 12.1. The Morgan fingerprint density at radius 3 is 2.50 bits per heavy atom. The first-order valence-corrected chi connectivity index (χ1v) is 4.99. The summed E-state index contributed by atoms with van der Waals surface area (Å²) in [6.07, 6.45) is 1.62. The standard InChI is InChI=1S/C9H7NO2.C3H8O/c11-9(12)7-1-2-8-6(5-7)3-4-10-8;1-3(2)4/h1-5,10H,(H,11,12);3-4H,1-2H3. The van der Waals surface area contributed by atoms with Crippen LogP contribution in [-0.2, 0) is 0 Å². The van der Waals surface area contributed by atoms with Crippen molar-refractivity contribution in [3.05, 3.63) is 36.0 Å². The van der Waals surface area contributed by atoms with Gasteiger partial charge in [0.15, 0.2) is 0 Å². The van der Waals surface area contributed by atoms with Gasteiger partial charge in [0.25, 0.3) is 0 Å². The second-order valence-corrected chi connectivity index (χ2v) is 3.68. The molecule has 0 fully saturated rings. The molecule has 0 aliphatic rings. The van der Waals surface area contributed by atoms with Gasteiger partial charge in [-0.3, -0.25) is 0 Å². The van der Waals surface area contributed by atoms with Crippen LogP contribution in [0.4, 0.5) is 0 Å². The second kappa shape index (κ2) is 5.32. The maximum absolute atomic E-state index is 10.6. The van der Waals surface area contributed by atoms with E-state index in [1.165, 1.54) is 0 Å². The van der Waals surface area contributed by atoms with Gasteiger partial charge in [-0.2, -0.15) is 0 Å². The van der Waals surface area contributed by atoms with Crippen molar-refractivity contribution in [1.82, 2.24) is 4.98 Å². The highest BCUT2D eigenvalue weighted by atomic mass is 16.4. The highest BCUT2D eigenvalue weighted by Crippen LogP contribution is 2.13. The van der Waals surface area contributed by atoms with Crippen molar-refractivity contribution in [1.29, 1.82) is 0 Å². The zero-order valence-electron chi connectivity index (χ0n) is 9.27. The minimum Gasteiger partial charge on any atom is -0.478 e. The number of nitrogens with one attached hydrogen (secondary N) is 1. The molecule has 86 valence electrons. The number of hydrogen-bond donors (Lipinski definition) is 3. The molecule has 0 radical (unpaired) electrons. The predicted molar refractivity (Wildman–Crippen MR) is 62.6 cm³/mol. The largest absolute Gasteiger partial charge is 0.478 e. The summed E-state index contributed by atoms with van der Waals surface area (Å²) in [6, 6.07) is 6.84. The number of H-pyrrole nitrogens is 1. The number of hydrogen-bond acceptors (Lipinski definition) is 2. The molecule has 1 heterocycles. The quantitative estimate of drug-likeness (QED) is 0.691. The molecule has 1 aromatic carbocycles. The van der Waals surface area contributed by atoms with E-state index in [4.69, 9.17) is 10.2 Å². The SMILES string of the molecule is CC(C)O.O=C(O)c1ccc2[nH]ccc2c1. The number of carboxylic acid groups (broad SMARTS) is 1. The molecule has 16 heavy (non-hydrogen) atoms. The van der Waals surface area contributed by atoms with E-state index in [2.05, 4.69) is 4.98 Å². The van der Waals surface area contributed by atoms with E-state index in [0.29, 0.717) is 5.56 Å².